The quantitative estimate of drug-likeness (QED) is 0.841. The number of rotatable bonds is 4. The Balaban J connectivity index is 2.39. The maximum absolute atomic E-state index is 12.2. The number of carbonyl (C=O) groups is 2. The lowest BCUT2D eigenvalue weighted by Gasteiger charge is -2.13. The molecular formula is C14H10BrClN2O4. The molecule has 0 aliphatic rings. The molecule has 0 unspecified atom stereocenters. The molecule has 0 saturated carbocycles. The Morgan fingerprint density at radius 2 is 2.00 bits per heavy atom. The number of hydrogen-bond acceptors (Lipinski definition) is 4. The number of ether oxygens (including phenoxy) is 1. The molecule has 0 aliphatic heterocycles. The minimum absolute atomic E-state index is 0.0616. The third-order valence-electron chi connectivity index (χ3n) is 2.71. The lowest BCUT2D eigenvalue weighted by atomic mass is 10.1. The van der Waals surface area contributed by atoms with Crippen molar-refractivity contribution < 1.29 is 19.4 Å². The van der Waals surface area contributed by atoms with Gasteiger partial charge < -0.3 is 15.2 Å². The lowest BCUT2D eigenvalue weighted by Crippen LogP contribution is -2.14. The SMILES string of the molecule is COc1c(Cl)cc(C(=O)O)cc1NC(=O)c1cncc(Br)c1. The number of hydrogen-bond donors (Lipinski definition) is 2. The summed E-state index contributed by atoms with van der Waals surface area (Å²) in [5.74, 6) is -1.45. The molecule has 6 nitrogen and oxygen atoms in total. The smallest absolute Gasteiger partial charge is 0.335 e. The van der Waals surface area contributed by atoms with Crippen molar-refractivity contribution in [2.75, 3.05) is 12.4 Å². The second-order valence-corrected chi connectivity index (χ2v) is 5.51. The van der Waals surface area contributed by atoms with Gasteiger partial charge in [0.05, 0.1) is 28.9 Å². The Morgan fingerprint density at radius 1 is 1.27 bits per heavy atom. The molecule has 0 bridgehead atoms. The molecule has 114 valence electrons. The average Bonchev–Trinajstić information content (AvgIpc) is 2.46. The fraction of sp³-hybridized carbons (Fsp3) is 0.0714. The van der Waals surface area contributed by atoms with Gasteiger partial charge in [-0.05, 0) is 34.1 Å². The molecule has 1 aromatic heterocycles. The highest BCUT2D eigenvalue weighted by molar-refractivity contribution is 9.10. The fourth-order valence-electron chi connectivity index (χ4n) is 1.75. The molecule has 0 fully saturated rings. The monoisotopic (exact) mass is 384 g/mol. The van der Waals surface area contributed by atoms with Crippen LogP contribution in [0.2, 0.25) is 5.02 Å². The molecule has 2 N–H and O–H groups in total. The minimum Gasteiger partial charge on any atom is -0.493 e. The first-order chi connectivity index (χ1) is 10.4. The molecule has 22 heavy (non-hydrogen) atoms. The van der Waals surface area contributed by atoms with E-state index in [-0.39, 0.29) is 22.0 Å². The van der Waals surface area contributed by atoms with E-state index in [1.165, 1.54) is 25.4 Å². The number of carbonyl (C=O) groups excluding carboxylic acids is 1. The van der Waals surface area contributed by atoms with Gasteiger partial charge in [-0.3, -0.25) is 9.78 Å². The van der Waals surface area contributed by atoms with E-state index >= 15 is 0 Å². The summed E-state index contributed by atoms with van der Waals surface area (Å²) in [6.07, 6.45) is 2.93. The van der Waals surface area contributed by atoms with E-state index in [0.717, 1.165) is 0 Å². The Kier molecular flexibility index (Phi) is 4.99. The number of nitrogens with zero attached hydrogens (tertiary/aromatic N) is 1. The van der Waals surface area contributed by atoms with E-state index in [0.29, 0.717) is 10.0 Å². The van der Waals surface area contributed by atoms with Crippen molar-refractivity contribution in [1.29, 1.82) is 0 Å². The fourth-order valence-corrected chi connectivity index (χ4v) is 2.41. The van der Waals surface area contributed by atoms with Gasteiger partial charge in [-0.1, -0.05) is 11.6 Å². The second kappa shape index (κ2) is 6.76. The zero-order valence-corrected chi connectivity index (χ0v) is 13.6. The highest BCUT2D eigenvalue weighted by Crippen LogP contribution is 2.34. The Hall–Kier alpha value is -2.12. The van der Waals surface area contributed by atoms with Crippen LogP contribution >= 0.6 is 27.5 Å². The number of carboxylic acids is 1. The van der Waals surface area contributed by atoms with Crippen molar-refractivity contribution in [2.24, 2.45) is 0 Å². The molecule has 1 aromatic carbocycles. The van der Waals surface area contributed by atoms with Gasteiger partial charge in [-0.15, -0.1) is 0 Å². The maximum Gasteiger partial charge on any atom is 0.335 e. The summed E-state index contributed by atoms with van der Waals surface area (Å²) in [4.78, 5) is 27.2. The summed E-state index contributed by atoms with van der Waals surface area (Å²) in [5, 5.41) is 11.7. The number of aromatic nitrogens is 1. The van der Waals surface area contributed by atoms with E-state index in [1.54, 1.807) is 12.3 Å². The van der Waals surface area contributed by atoms with Gasteiger partial charge in [0.25, 0.3) is 5.91 Å². The molecule has 2 rings (SSSR count). The van der Waals surface area contributed by atoms with Crippen LogP contribution in [0.3, 0.4) is 0 Å². The second-order valence-electron chi connectivity index (χ2n) is 4.19. The van der Waals surface area contributed by atoms with Gasteiger partial charge in [0.15, 0.2) is 5.75 Å². The van der Waals surface area contributed by atoms with Gasteiger partial charge in [0.2, 0.25) is 0 Å². The molecule has 8 heteroatoms. The van der Waals surface area contributed by atoms with Crippen LogP contribution in [0.4, 0.5) is 5.69 Å². The minimum atomic E-state index is -1.16. The van der Waals surface area contributed by atoms with Crippen LogP contribution in [0.1, 0.15) is 20.7 Å². The Bertz CT molecular complexity index is 752. The molecule has 1 heterocycles. The normalized spacial score (nSPS) is 10.1. The van der Waals surface area contributed by atoms with Gasteiger partial charge >= 0.3 is 5.97 Å². The standard InChI is InChI=1S/C14H10BrClN2O4/c1-22-12-10(16)3-7(14(20)21)4-11(12)18-13(19)8-2-9(15)6-17-5-8/h2-6H,1H3,(H,18,19)(H,20,21). The zero-order valence-electron chi connectivity index (χ0n) is 11.3. The molecular weight excluding hydrogens is 376 g/mol. The van der Waals surface area contributed by atoms with E-state index < -0.39 is 11.9 Å². The number of nitrogens with one attached hydrogen (secondary N) is 1. The van der Waals surface area contributed by atoms with Crippen LogP contribution in [0.25, 0.3) is 0 Å². The van der Waals surface area contributed by atoms with Crippen LogP contribution in [-0.4, -0.2) is 29.1 Å². The van der Waals surface area contributed by atoms with Crippen molar-refractivity contribution in [3.05, 3.63) is 51.2 Å². The predicted octanol–water partition coefficient (Wildman–Crippen LogP) is 3.46. The average molecular weight is 386 g/mol. The third-order valence-corrected chi connectivity index (χ3v) is 3.42. The highest BCUT2D eigenvalue weighted by Gasteiger charge is 2.17. The number of carboxylic acid groups (broad SMARTS) is 1. The van der Waals surface area contributed by atoms with Crippen LogP contribution in [0.5, 0.6) is 5.75 Å². The summed E-state index contributed by atoms with van der Waals surface area (Å²) in [6, 6.07) is 4.10. The number of pyridine rings is 1. The summed E-state index contributed by atoms with van der Waals surface area (Å²) in [6.45, 7) is 0. The molecule has 0 saturated heterocycles. The number of anilines is 1. The van der Waals surface area contributed by atoms with Crippen molar-refractivity contribution >= 4 is 45.1 Å². The topological polar surface area (TPSA) is 88.5 Å². The summed E-state index contributed by atoms with van der Waals surface area (Å²) in [5.41, 5.74) is 0.402. The first kappa shape index (κ1) is 16.3. The van der Waals surface area contributed by atoms with Crippen LogP contribution in [0.15, 0.2) is 35.1 Å². The molecule has 0 radical (unpaired) electrons. The molecule has 0 aliphatic carbocycles. The lowest BCUT2D eigenvalue weighted by molar-refractivity contribution is 0.0696. The zero-order chi connectivity index (χ0) is 16.3. The molecule has 1 amide bonds. The van der Waals surface area contributed by atoms with E-state index in [1.807, 2.05) is 0 Å². The first-order valence-electron chi connectivity index (χ1n) is 5.95. The van der Waals surface area contributed by atoms with Crippen LogP contribution in [0, 0.1) is 0 Å². The van der Waals surface area contributed by atoms with Crippen LogP contribution in [-0.2, 0) is 0 Å². The molecule has 2 aromatic rings. The van der Waals surface area contributed by atoms with Crippen molar-refractivity contribution in [2.45, 2.75) is 0 Å². The van der Waals surface area contributed by atoms with Gasteiger partial charge in [-0.2, -0.15) is 0 Å². The Labute approximate surface area is 139 Å². The molecule has 0 spiro atoms. The van der Waals surface area contributed by atoms with Gasteiger partial charge in [0.1, 0.15) is 0 Å². The van der Waals surface area contributed by atoms with Crippen LogP contribution < -0.4 is 10.1 Å². The maximum atomic E-state index is 12.2. The van der Waals surface area contributed by atoms with Crippen molar-refractivity contribution in [3.8, 4) is 5.75 Å². The number of methoxy groups -OCH3 is 1. The first-order valence-corrected chi connectivity index (χ1v) is 7.12. The number of benzene rings is 1. The van der Waals surface area contributed by atoms with Crippen molar-refractivity contribution in [1.82, 2.24) is 4.98 Å². The van der Waals surface area contributed by atoms with Crippen molar-refractivity contribution in [3.63, 3.8) is 0 Å². The highest BCUT2D eigenvalue weighted by atomic mass is 79.9. The predicted molar refractivity (Wildman–Crippen MR) is 84.9 cm³/mol. The number of amides is 1. The summed E-state index contributed by atoms with van der Waals surface area (Å²) in [7, 11) is 1.37. The summed E-state index contributed by atoms with van der Waals surface area (Å²) >= 11 is 9.19. The number of aromatic carboxylic acids is 1. The largest absolute Gasteiger partial charge is 0.493 e. The summed E-state index contributed by atoms with van der Waals surface area (Å²) < 4.78 is 5.75. The van der Waals surface area contributed by atoms with E-state index in [9.17, 15) is 9.59 Å². The van der Waals surface area contributed by atoms with E-state index in [2.05, 4.69) is 26.2 Å². The third kappa shape index (κ3) is 3.55. The van der Waals surface area contributed by atoms with Gasteiger partial charge in [-0.25, -0.2) is 4.79 Å². The Morgan fingerprint density at radius 3 is 2.59 bits per heavy atom. The van der Waals surface area contributed by atoms with Gasteiger partial charge in [0, 0.05) is 16.9 Å². The number of halogens is 2. The van der Waals surface area contributed by atoms with E-state index in [4.69, 9.17) is 21.4 Å². The molecule has 0 atom stereocenters.